The van der Waals surface area contributed by atoms with E-state index >= 15 is 0 Å². The third-order valence-corrected chi connectivity index (χ3v) is 4.14. The minimum absolute atomic E-state index is 0.241. The van der Waals surface area contributed by atoms with E-state index in [9.17, 15) is 4.79 Å². The average molecular weight is 230 g/mol. The maximum atomic E-state index is 11.0. The highest BCUT2D eigenvalue weighted by molar-refractivity contribution is 7.99. The van der Waals surface area contributed by atoms with Crippen LogP contribution in [0.2, 0.25) is 0 Å². The molecule has 0 bridgehead atoms. The molecule has 86 valence electrons. The number of thioether (sulfide) groups is 1. The summed E-state index contributed by atoms with van der Waals surface area (Å²) in [4.78, 5) is 15.0. The van der Waals surface area contributed by atoms with Gasteiger partial charge in [-0.1, -0.05) is 0 Å². The van der Waals surface area contributed by atoms with E-state index in [-0.39, 0.29) is 6.04 Å². The van der Waals surface area contributed by atoms with Gasteiger partial charge in [0, 0.05) is 43.7 Å². The molecule has 2 aliphatic rings. The van der Waals surface area contributed by atoms with E-state index in [0.29, 0.717) is 0 Å². The molecule has 0 aromatic carbocycles. The number of nitrogens with zero attached hydrogens (tertiary/aromatic N) is 2. The van der Waals surface area contributed by atoms with Crippen LogP contribution in [-0.4, -0.2) is 64.7 Å². The zero-order chi connectivity index (χ0) is 10.7. The van der Waals surface area contributed by atoms with Gasteiger partial charge in [0.25, 0.3) is 0 Å². The molecule has 2 saturated heterocycles. The summed E-state index contributed by atoms with van der Waals surface area (Å²) in [5.74, 6) is 2.39. The van der Waals surface area contributed by atoms with Gasteiger partial charge in [0.05, 0.1) is 0 Å². The molecule has 1 atom stereocenters. The van der Waals surface area contributed by atoms with Gasteiger partial charge < -0.3 is 10.0 Å². The van der Waals surface area contributed by atoms with Crippen molar-refractivity contribution in [1.82, 2.24) is 9.80 Å². The molecule has 0 aliphatic carbocycles. The highest BCUT2D eigenvalue weighted by atomic mass is 32.2. The largest absolute Gasteiger partial charge is 0.465 e. The number of amides is 1. The molecule has 2 fully saturated rings. The molecule has 2 aliphatic heterocycles. The highest BCUT2D eigenvalue weighted by Crippen LogP contribution is 2.19. The van der Waals surface area contributed by atoms with Crippen LogP contribution in [0.5, 0.6) is 0 Å². The van der Waals surface area contributed by atoms with Crippen LogP contribution in [0.15, 0.2) is 0 Å². The first-order valence-electron chi connectivity index (χ1n) is 5.57. The van der Waals surface area contributed by atoms with Crippen molar-refractivity contribution >= 4 is 17.9 Å². The van der Waals surface area contributed by atoms with Crippen LogP contribution in [0.4, 0.5) is 4.79 Å². The fraction of sp³-hybridized carbons (Fsp3) is 0.900. The Kier molecular flexibility index (Phi) is 3.75. The van der Waals surface area contributed by atoms with Crippen LogP contribution < -0.4 is 0 Å². The standard InChI is InChI=1S/C10H18N2O2S/c13-10(14)12-3-1-2-9(12)8-11-4-6-15-7-5-11/h9H,1-8H2,(H,13,14)/t9-/m0/s1. The first-order valence-corrected chi connectivity index (χ1v) is 6.72. The maximum absolute atomic E-state index is 11.0. The molecule has 2 rings (SSSR count). The first-order chi connectivity index (χ1) is 7.27. The molecular formula is C10H18N2O2S. The fourth-order valence-electron chi connectivity index (χ4n) is 2.36. The second-order valence-corrected chi connectivity index (χ2v) is 5.41. The summed E-state index contributed by atoms with van der Waals surface area (Å²) in [5, 5.41) is 9.02. The Morgan fingerprint density at radius 3 is 2.73 bits per heavy atom. The maximum Gasteiger partial charge on any atom is 0.407 e. The van der Waals surface area contributed by atoms with E-state index in [2.05, 4.69) is 4.90 Å². The molecule has 1 amide bonds. The van der Waals surface area contributed by atoms with E-state index in [0.717, 1.165) is 39.0 Å². The van der Waals surface area contributed by atoms with Crippen molar-refractivity contribution in [2.24, 2.45) is 0 Å². The van der Waals surface area contributed by atoms with Gasteiger partial charge >= 0.3 is 6.09 Å². The van der Waals surface area contributed by atoms with Crippen molar-refractivity contribution in [2.75, 3.05) is 37.7 Å². The number of carbonyl (C=O) groups is 1. The van der Waals surface area contributed by atoms with Crippen LogP contribution in [-0.2, 0) is 0 Å². The Balaban J connectivity index is 1.84. The van der Waals surface area contributed by atoms with E-state index in [1.54, 1.807) is 4.90 Å². The zero-order valence-electron chi connectivity index (χ0n) is 8.89. The van der Waals surface area contributed by atoms with Gasteiger partial charge in [-0.15, -0.1) is 0 Å². The minimum Gasteiger partial charge on any atom is -0.465 e. The van der Waals surface area contributed by atoms with Crippen molar-refractivity contribution < 1.29 is 9.90 Å². The number of rotatable bonds is 2. The van der Waals surface area contributed by atoms with Gasteiger partial charge in [-0.2, -0.15) is 11.8 Å². The topological polar surface area (TPSA) is 43.8 Å². The third kappa shape index (κ3) is 2.78. The molecule has 5 heteroatoms. The Morgan fingerprint density at radius 1 is 1.33 bits per heavy atom. The summed E-state index contributed by atoms with van der Waals surface area (Å²) in [6.45, 7) is 3.90. The van der Waals surface area contributed by atoms with Gasteiger partial charge in [0.2, 0.25) is 0 Å². The molecule has 2 heterocycles. The number of likely N-dealkylation sites (tertiary alicyclic amines) is 1. The van der Waals surface area contributed by atoms with Crippen LogP contribution >= 0.6 is 11.8 Å². The lowest BCUT2D eigenvalue weighted by atomic mass is 10.2. The molecule has 4 nitrogen and oxygen atoms in total. The summed E-state index contributed by atoms with van der Waals surface area (Å²) in [6, 6.07) is 0.241. The SMILES string of the molecule is O=C(O)N1CCC[C@H]1CN1CCSCC1. The van der Waals surface area contributed by atoms with Crippen LogP contribution in [0, 0.1) is 0 Å². The van der Waals surface area contributed by atoms with Crippen molar-refractivity contribution in [3.8, 4) is 0 Å². The number of hydrogen-bond acceptors (Lipinski definition) is 3. The molecule has 0 radical (unpaired) electrons. The van der Waals surface area contributed by atoms with Gasteiger partial charge in [-0.05, 0) is 12.8 Å². The normalized spacial score (nSPS) is 28.3. The lowest BCUT2D eigenvalue weighted by Gasteiger charge is -2.31. The second-order valence-electron chi connectivity index (χ2n) is 4.19. The van der Waals surface area contributed by atoms with Crippen molar-refractivity contribution in [1.29, 1.82) is 0 Å². The molecule has 0 aromatic rings. The fourth-order valence-corrected chi connectivity index (χ4v) is 3.34. The van der Waals surface area contributed by atoms with E-state index in [1.807, 2.05) is 11.8 Å². The monoisotopic (exact) mass is 230 g/mol. The predicted octanol–water partition coefficient (Wildman–Crippen LogP) is 1.18. The molecule has 1 N–H and O–H groups in total. The first kappa shape index (κ1) is 11.1. The molecule has 0 unspecified atom stereocenters. The van der Waals surface area contributed by atoms with E-state index < -0.39 is 6.09 Å². The summed E-state index contributed by atoms with van der Waals surface area (Å²) in [7, 11) is 0. The predicted molar refractivity (Wildman–Crippen MR) is 61.5 cm³/mol. The van der Waals surface area contributed by atoms with Gasteiger partial charge in [0.1, 0.15) is 0 Å². The number of carboxylic acid groups (broad SMARTS) is 1. The van der Waals surface area contributed by atoms with Crippen molar-refractivity contribution in [3.63, 3.8) is 0 Å². The molecule has 0 aromatic heterocycles. The summed E-state index contributed by atoms with van der Waals surface area (Å²) < 4.78 is 0. The molecule has 0 spiro atoms. The van der Waals surface area contributed by atoms with E-state index in [1.165, 1.54) is 11.5 Å². The lowest BCUT2D eigenvalue weighted by Crippen LogP contribution is -2.45. The average Bonchev–Trinajstić information content (AvgIpc) is 2.67. The third-order valence-electron chi connectivity index (χ3n) is 3.20. The Bertz CT molecular complexity index is 231. The van der Waals surface area contributed by atoms with Gasteiger partial charge in [-0.25, -0.2) is 4.79 Å². The summed E-state index contributed by atoms with van der Waals surface area (Å²) in [5.41, 5.74) is 0. The Hall–Kier alpha value is -0.420. The minimum atomic E-state index is -0.746. The van der Waals surface area contributed by atoms with Crippen LogP contribution in [0.1, 0.15) is 12.8 Å². The quantitative estimate of drug-likeness (QED) is 0.773. The van der Waals surface area contributed by atoms with Crippen LogP contribution in [0.25, 0.3) is 0 Å². The van der Waals surface area contributed by atoms with E-state index in [4.69, 9.17) is 5.11 Å². The Morgan fingerprint density at radius 2 is 2.07 bits per heavy atom. The van der Waals surface area contributed by atoms with Crippen LogP contribution in [0.3, 0.4) is 0 Å². The molecule has 0 saturated carbocycles. The molecule has 15 heavy (non-hydrogen) atoms. The lowest BCUT2D eigenvalue weighted by molar-refractivity contribution is 0.127. The smallest absolute Gasteiger partial charge is 0.407 e. The van der Waals surface area contributed by atoms with Gasteiger partial charge in [0.15, 0.2) is 0 Å². The van der Waals surface area contributed by atoms with Crippen molar-refractivity contribution in [3.05, 3.63) is 0 Å². The highest BCUT2D eigenvalue weighted by Gasteiger charge is 2.30. The zero-order valence-corrected chi connectivity index (χ0v) is 9.71. The Labute approximate surface area is 94.6 Å². The second kappa shape index (κ2) is 5.07. The van der Waals surface area contributed by atoms with Crippen molar-refractivity contribution in [2.45, 2.75) is 18.9 Å². The number of hydrogen-bond donors (Lipinski definition) is 1. The molecular weight excluding hydrogens is 212 g/mol. The summed E-state index contributed by atoms with van der Waals surface area (Å²) >= 11 is 1.99. The van der Waals surface area contributed by atoms with Gasteiger partial charge in [-0.3, -0.25) is 4.90 Å². The summed E-state index contributed by atoms with van der Waals surface area (Å²) in [6.07, 6.45) is 1.32.